The quantitative estimate of drug-likeness (QED) is 0.761. The number of nitrogens with zero attached hydrogens (tertiary/aromatic N) is 2. The Hall–Kier alpha value is -2.37. The fourth-order valence-electron chi connectivity index (χ4n) is 3.82. The van der Waals surface area contributed by atoms with E-state index in [-0.39, 0.29) is 5.97 Å². The topological polar surface area (TPSA) is 42.0 Å². The van der Waals surface area contributed by atoms with Gasteiger partial charge in [-0.1, -0.05) is 24.3 Å². The summed E-state index contributed by atoms with van der Waals surface area (Å²) in [6.45, 7) is 7.03. The van der Waals surface area contributed by atoms with E-state index in [4.69, 9.17) is 9.47 Å². The predicted octanol–water partition coefficient (Wildman–Crippen LogP) is 2.73. The molecule has 0 aromatic heterocycles. The molecule has 0 saturated carbocycles. The molecule has 4 rings (SSSR count). The van der Waals surface area contributed by atoms with Gasteiger partial charge in [-0.3, -0.25) is 9.80 Å². The van der Waals surface area contributed by atoms with E-state index in [2.05, 4.69) is 28.0 Å². The van der Waals surface area contributed by atoms with Gasteiger partial charge in [0.15, 0.2) is 0 Å². The monoisotopic (exact) mass is 366 g/mol. The summed E-state index contributed by atoms with van der Waals surface area (Å²) in [6, 6.07) is 14.3. The van der Waals surface area contributed by atoms with E-state index in [1.807, 2.05) is 24.3 Å². The summed E-state index contributed by atoms with van der Waals surface area (Å²) in [5, 5.41) is 0. The third kappa shape index (κ3) is 4.31. The zero-order valence-corrected chi connectivity index (χ0v) is 15.8. The number of hydrogen-bond acceptors (Lipinski definition) is 5. The van der Waals surface area contributed by atoms with E-state index in [0.29, 0.717) is 5.56 Å². The fourth-order valence-corrected chi connectivity index (χ4v) is 3.82. The first-order valence-corrected chi connectivity index (χ1v) is 9.58. The molecule has 2 aromatic rings. The number of carbonyl (C=O) groups is 1. The Morgan fingerprint density at radius 1 is 0.963 bits per heavy atom. The van der Waals surface area contributed by atoms with Crippen LogP contribution in [0.4, 0.5) is 0 Å². The van der Waals surface area contributed by atoms with Crippen LogP contribution in [0.1, 0.15) is 27.0 Å². The van der Waals surface area contributed by atoms with Crippen LogP contribution in [0, 0.1) is 0 Å². The van der Waals surface area contributed by atoms with E-state index in [1.165, 1.54) is 23.8 Å². The molecule has 5 heteroatoms. The third-order valence-electron chi connectivity index (χ3n) is 5.41. The van der Waals surface area contributed by atoms with Crippen molar-refractivity contribution in [1.82, 2.24) is 9.80 Å². The Morgan fingerprint density at radius 3 is 2.26 bits per heavy atom. The molecule has 0 aliphatic carbocycles. The zero-order valence-electron chi connectivity index (χ0n) is 15.8. The van der Waals surface area contributed by atoms with Crippen LogP contribution >= 0.6 is 0 Å². The summed E-state index contributed by atoms with van der Waals surface area (Å²) >= 11 is 0. The summed E-state index contributed by atoms with van der Waals surface area (Å²) < 4.78 is 10.3. The number of hydrogen-bond donors (Lipinski definition) is 0. The van der Waals surface area contributed by atoms with Crippen molar-refractivity contribution in [3.05, 3.63) is 64.7 Å². The van der Waals surface area contributed by atoms with Crippen LogP contribution in [0.3, 0.4) is 0 Å². The van der Waals surface area contributed by atoms with Crippen molar-refractivity contribution in [2.75, 3.05) is 39.9 Å². The Labute approximate surface area is 160 Å². The summed E-state index contributed by atoms with van der Waals surface area (Å²) in [6.07, 6.45) is 1.03. The van der Waals surface area contributed by atoms with Crippen LogP contribution in [0.15, 0.2) is 42.5 Å². The Kier molecular flexibility index (Phi) is 5.41. The van der Waals surface area contributed by atoms with Gasteiger partial charge in [0.25, 0.3) is 0 Å². The number of esters is 1. The Bertz CT molecular complexity index is 796. The molecular formula is C22H26N2O3. The number of methoxy groups -OCH3 is 1. The van der Waals surface area contributed by atoms with Gasteiger partial charge in [0.1, 0.15) is 5.75 Å². The molecule has 2 heterocycles. The van der Waals surface area contributed by atoms with Gasteiger partial charge < -0.3 is 9.47 Å². The molecule has 1 saturated heterocycles. The maximum atomic E-state index is 11.5. The first-order chi connectivity index (χ1) is 13.2. The van der Waals surface area contributed by atoms with Gasteiger partial charge in [0.2, 0.25) is 0 Å². The van der Waals surface area contributed by atoms with Gasteiger partial charge >= 0.3 is 5.97 Å². The highest BCUT2D eigenvalue weighted by Crippen LogP contribution is 2.26. The summed E-state index contributed by atoms with van der Waals surface area (Å²) in [4.78, 5) is 16.5. The molecule has 0 N–H and O–H groups in total. The van der Waals surface area contributed by atoms with Crippen molar-refractivity contribution in [1.29, 1.82) is 0 Å². The number of ether oxygens (including phenoxy) is 2. The maximum absolute atomic E-state index is 11.5. The van der Waals surface area contributed by atoms with Gasteiger partial charge in [-0.25, -0.2) is 4.79 Å². The standard InChI is InChI=1S/C22H26N2O3/c1-26-22(25)19-5-2-17(3-6-19)15-23-9-11-24(12-10-23)16-18-4-7-21-20(14-18)8-13-27-21/h2-7,14H,8-13,15-16H2,1H3. The van der Waals surface area contributed by atoms with Gasteiger partial charge in [-0.15, -0.1) is 0 Å². The average Bonchev–Trinajstić information content (AvgIpc) is 3.17. The molecule has 2 aromatic carbocycles. The Balaban J connectivity index is 1.27. The highest BCUT2D eigenvalue weighted by molar-refractivity contribution is 5.89. The van der Waals surface area contributed by atoms with Gasteiger partial charge in [-0.05, 0) is 34.9 Å². The highest BCUT2D eigenvalue weighted by atomic mass is 16.5. The van der Waals surface area contributed by atoms with Gasteiger partial charge in [0.05, 0.1) is 19.3 Å². The van der Waals surface area contributed by atoms with Crippen LogP contribution < -0.4 is 4.74 Å². The lowest BCUT2D eigenvalue weighted by molar-refractivity contribution is 0.0600. The summed E-state index contributed by atoms with van der Waals surface area (Å²) in [5.41, 5.74) is 4.56. The van der Waals surface area contributed by atoms with Gasteiger partial charge in [-0.2, -0.15) is 0 Å². The fraction of sp³-hybridized carbons (Fsp3) is 0.409. The number of rotatable bonds is 5. The molecule has 0 radical (unpaired) electrons. The van der Waals surface area contributed by atoms with Crippen LogP contribution in [0.5, 0.6) is 5.75 Å². The van der Waals surface area contributed by atoms with E-state index in [0.717, 1.165) is 58.0 Å². The number of piperazine rings is 1. The minimum absolute atomic E-state index is 0.284. The summed E-state index contributed by atoms with van der Waals surface area (Å²) in [7, 11) is 1.41. The minimum atomic E-state index is -0.284. The van der Waals surface area contributed by atoms with Crippen molar-refractivity contribution in [2.24, 2.45) is 0 Å². The first-order valence-electron chi connectivity index (χ1n) is 9.58. The zero-order chi connectivity index (χ0) is 18.6. The van der Waals surface area contributed by atoms with E-state index < -0.39 is 0 Å². The maximum Gasteiger partial charge on any atom is 0.337 e. The van der Waals surface area contributed by atoms with E-state index in [9.17, 15) is 4.79 Å². The number of benzene rings is 2. The van der Waals surface area contributed by atoms with Crippen molar-refractivity contribution in [2.45, 2.75) is 19.5 Å². The molecule has 27 heavy (non-hydrogen) atoms. The lowest BCUT2D eigenvalue weighted by atomic mass is 10.1. The van der Waals surface area contributed by atoms with Crippen LogP contribution in [0.2, 0.25) is 0 Å². The van der Waals surface area contributed by atoms with Crippen molar-refractivity contribution < 1.29 is 14.3 Å². The van der Waals surface area contributed by atoms with Crippen LogP contribution in [-0.4, -0.2) is 55.7 Å². The summed E-state index contributed by atoms with van der Waals surface area (Å²) in [5.74, 6) is 0.773. The highest BCUT2D eigenvalue weighted by Gasteiger charge is 2.18. The lowest BCUT2D eigenvalue weighted by Gasteiger charge is -2.34. The molecule has 0 spiro atoms. The Morgan fingerprint density at radius 2 is 1.59 bits per heavy atom. The van der Waals surface area contributed by atoms with Crippen LogP contribution in [-0.2, 0) is 24.2 Å². The SMILES string of the molecule is COC(=O)c1ccc(CN2CCN(Cc3ccc4c(c3)CCO4)CC2)cc1. The smallest absolute Gasteiger partial charge is 0.337 e. The molecule has 2 aliphatic heterocycles. The normalized spacial score (nSPS) is 17.4. The largest absolute Gasteiger partial charge is 0.493 e. The number of carbonyl (C=O) groups excluding carboxylic acids is 1. The molecule has 0 amide bonds. The van der Waals surface area contributed by atoms with Crippen molar-refractivity contribution in [3.63, 3.8) is 0 Å². The predicted molar refractivity (Wildman–Crippen MR) is 104 cm³/mol. The molecular weight excluding hydrogens is 340 g/mol. The second-order valence-electron chi connectivity index (χ2n) is 7.28. The second-order valence-corrected chi connectivity index (χ2v) is 7.28. The molecule has 142 valence electrons. The second kappa shape index (κ2) is 8.11. The van der Waals surface area contributed by atoms with E-state index >= 15 is 0 Å². The molecule has 2 aliphatic rings. The first kappa shape index (κ1) is 18.0. The molecule has 5 nitrogen and oxygen atoms in total. The third-order valence-corrected chi connectivity index (χ3v) is 5.41. The molecule has 0 bridgehead atoms. The van der Waals surface area contributed by atoms with Crippen molar-refractivity contribution >= 4 is 5.97 Å². The lowest BCUT2D eigenvalue weighted by Crippen LogP contribution is -2.45. The average molecular weight is 366 g/mol. The van der Waals surface area contributed by atoms with Crippen LogP contribution in [0.25, 0.3) is 0 Å². The number of fused-ring (bicyclic) bond motifs is 1. The van der Waals surface area contributed by atoms with Crippen molar-refractivity contribution in [3.8, 4) is 5.75 Å². The molecule has 0 atom stereocenters. The molecule has 1 fully saturated rings. The van der Waals surface area contributed by atoms with E-state index in [1.54, 1.807) is 0 Å². The van der Waals surface area contributed by atoms with Gasteiger partial charge in [0, 0.05) is 45.7 Å². The minimum Gasteiger partial charge on any atom is -0.493 e. The molecule has 0 unspecified atom stereocenters.